The number of carbonyl (C=O) groups excluding carboxylic acids is 1. The summed E-state index contributed by atoms with van der Waals surface area (Å²) in [5.41, 5.74) is 2.94. The zero-order chi connectivity index (χ0) is 23.8. The Morgan fingerprint density at radius 2 is 1.70 bits per heavy atom. The Hall–Kier alpha value is -3.32. The van der Waals surface area contributed by atoms with Crippen molar-refractivity contribution in [2.45, 2.75) is 38.0 Å². The first-order chi connectivity index (χ1) is 15.8. The standard InChI is InChI=1S/C26H30N2O4S/c1-4-5-9-21-12-14-22(15-13-21)27-26(29)19-28(23-10-7-6-8-11-23)33(30,31)24-16-17-25(32-3)20(2)18-24/h6-8,10-18H,4-5,9,19H2,1-3H3,(H,27,29). The zero-order valence-corrected chi connectivity index (χ0v) is 20.1. The van der Waals surface area contributed by atoms with Crippen LogP contribution in [-0.2, 0) is 21.2 Å². The first kappa shape index (κ1) is 24.3. The van der Waals surface area contributed by atoms with Gasteiger partial charge < -0.3 is 10.1 Å². The fourth-order valence-electron chi connectivity index (χ4n) is 3.51. The van der Waals surface area contributed by atoms with Gasteiger partial charge in [0.05, 0.1) is 17.7 Å². The number of benzene rings is 3. The number of hydrogen-bond acceptors (Lipinski definition) is 4. The summed E-state index contributed by atoms with van der Waals surface area (Å²) in [7, 11) is -2.45. The van der Waals surface area contributed by atoms with Crippen LogP contribution in [0.15, 0.2) is 77.7 Å². The minimum absolute atomic E-state index is 0.0951. The van der Waals surface area contributed by atoms with Gasteiger partial charge in [0.15, 0.2) is 0 Å². The van der Waals surface area contributed by atoms with E-state index in [4.69, 9.17) is 4.74 Å². The van der Waals surface area contributed by atoms with Gasteiger partial charge in [-0.25, -0.2) is 8.42 Å². The quantitative estimate of drug-likeness (QED) is 0.447. The summed E-state index contributed by atoms with van der Waals surface area (Å²) in [5.74, 6) is 0.175. The number of nitrogens with one attached hydrogen (secondary N) is 1. The first-order valence-electron chi connectivity index (χ1n) is 11.0. The van der Waals surface area contributed by atoms with Gasteiger partial charge in [-0.2, -0.15) is 0 Å². The van der Waals surface area contributed by atoms with Crippen molar-refractivity contribution < 1.29 is 17.9 Å². The highest BCUT2D eigenvalue weighted by Gasteiger charge is 2.27. The molecule has 0 atom stereocenters. The maximum atomic E-state index is 13.5. The van der Waals surface area contributed by atoms with E-state index in [1.807, 2.05) is 24.3 Å². The van der Waals surface area contributed by atoms with Crippen LogP contribution in [0.1, 0.15) is 30.9 Å². The van der Waals surface area contributed by atoms with E-state index >= 15 is 0 Å². The summed E-state index contributed by atoms with van der Waals surface area (Å²) in [6.07, 6.45) is 3.22. The Balaban J connectivity index is 1.84. The molecular weight excluding hydrogens is 436 g/mol. The molecule has 1 amide bonds. The van der Waals surface area contributed by atoms with Crippen LogP contribution >= 0.6 is 0 Å². The molecule has 0 bridgehead atoms. The van der Waals surface area contributed by atoms with Crippen LogP contribution in [0.3, 0.4) is 0 Å². The van der Waals surface area contributed by atoms with Gasteiger partial charge in [-0.1, -0.05) is 43.7 Å². The minimum Gasteiger partial charge on any atom is -0.496 e. The number of anilines is 2. The Labute approximate surface area is 196 Å². The summed E-state index contributed by atoms with van der Waals surface area (Å²) in [5, 5.41) is 2.81. The maximum absolute atomic E-state index is 13.5. The summed E-state index contributed by atoms with van der Waals surface area (Å²) in [4.78, 5) is 13.0. The zero-order valence-electron chi connectivity index (χ0n) is 19.2. The molecule has 1 N–H and O–H groups in total. The molecule has 7 heteroatoms. The van der Waals surface area contributed by atoms with Crippen LogP contribution in [0.2, 0.25) is 0 Å². The number of unbranched alkanes of at least 4 members (excludes halogenated alkanes) is 1. The highest BCUT2D eigenvalue weighted by molar-refractivity contribution is 7.92. The molecule has 0 radical (unpaired) electrons. The average molecular weight is 467 g/mol. The SMILES string of the molecule is CCCCc1ccc(NC(=O)CN(c2ccccc2)S(=O)(=O)c2ccc(OC)c(C)c2)cc1. The van der Waals surface area contributed by atoms with E-state index in [0.717, 1.165) is 23.6 Å². The van der Waals surface area contributed by atoms with Crippen molar-refractivity contribution in [3.05, 3.63) is 83.9 Å². The van der Waals surface area contributed by atoms with Crippen molar-refractivity contribution >= 4 is 27.3 Å². The highest BCUT2D eigenvalue weighted by atomic mass is 32.2. The van der Waals surface area contributed by atoms with E-state index in [1.54, 1.807) is 49.4 Å². The summed E-state index contributed by atoms with van der Waals surface area (Å²) in [6.45, 7) is 3.57. The fraction of sp³-hybridized carbons (Fsp3) is 0.269. The number of carbonyl (C=O) groups is 1. The van der Waals surface area contributed by atoms with E-state index < -0.39 is 15.9 Å². The van der Waals surface area contributed by atoms with Gasteiger partial charge in [-0.15, -0.1) is 0 Å². The molecule has 0 saturated carbocycles. The molecule has 3 aromatic carbocycles. The Bertz CT molecular complexity index is 1180. The number of para-hydroxylation sites is 1. The van der Waals surface area contributed by atoms with Crippen molar-refractivity contribution in [2.24, 2.45) is 0 Å². The number of aryl methyl sites for hydroxylation is 2. The van der Waals surface area contributed by atoms with Gasteiger partial charge in [0.2, 0.25) is 5.91 Å². The molecule has 0 aliphatic heterocycles. The van der Waals surface area contributed by atoms with Crippen LogP contribution in [0, 0.1) is 6.92 Å². The van der Waals surface area contributed by atoms with Crippen molar-refractivity contribution in [3.8, 4) is 5.75 Å². The predicted octanol–water partition coefficient (Wildman–Crippen LogP) is 5.18. The van der Waals surface area contributed by atoms with E-state index in [0.29, 0.717) is 22.7 Å². The lowest BCUT2D eigenvalue weighted by Gasteiger charge is -2.24. The molecule has 0 saturated heterocycles. The van der Waals surface area contributed by atoms with Crippen LogP contribution in [-0.4, -0.2) is 28.0 Å². The van der Waals surface area contributed by atoms with Crippen LogP contribution in [0.5, 0.6) is 5.75 Å². The van der Waals surface area contributed by atoms with E-state index in [9.17, 15) is 13.2 Å². The average Bonchev–Trinajstić information content (AvgIpc) is 2.82. The van der Waals surface area contributed by atoms with Gasteiger partial charge in [-0.3, -0.25) is 9.10 Å². The Morgan fingerprint density at radius 1 is 1.00 bits per heavy atom. The van der Waals surface area contributed by atoms with Gasteiger partial charge in [0.1, 0.15) is 12.3 Å². The molecule has 0 aromatic heterocycles. The Morgan fingerprint density at radius 3 is 2.30 bits per heavy atom. The second-order valence-corrected chi connectivity index (χ2v) is 9.69. The van der Waals surface area contributed by atoms with Gasteiger partial charge >= 0.3 is 0 Å². The number of ether oxygens (including phenoxy) is 1. The molecule has 0 aliphatic carbocycles. The van der Waals surface area contributed by atoms with Crippen molar-refractivity contribution in [1.29, 1.82) is 0 Å². The lowest BCUT2D eigenvalue weighted by Crippen LogP contribution is -2.38. The lowest BCUT2D eigenvalue weighted by atomic mass is 10.1. The van der Waals surface area contributed by atoms with E-state index in [-0.39, 0.29) is 11.4 Å². The fourth-order valence-corrected chi connectivity index (χ4v) is 5.02. The van der Waals surface area contributed by atoms with Gasteiger partial charge in [0.25, 0.3) is 10.0 Å². The molecule has 0 fully saturated rings. The lowest BCUT2D eigenvalue weighted by molar-refractivity contribution is -0.114. The molecule has 0 aliphatic rings. The molecule has 0 spiro atoms. The normalized spacial score (nSPS) is 11.1. The van der Waals surface area contributed by atoms with Gasteiger partial charge in [0, 0.05) is 5.69 Å². The molecular formula is C26H30N2O4S. The van der Waals surface area contributed by atoms with E-state index in [2.05, 4.69) is 12.2 Å². The molecule has 3 rings (SSSR count). The molecule has 0 heterocycles. The number of methoxy groups -OCH3 is 1. The van der Waals surface area contributed by atoms with E-state index in [1.165, 1.54) is 18.7 Å². The van der Waals surface area contributed by atoms with Crippen LogP contribution in [0.4, 0.5) is 11.4 Å². The monoisotopic (exact) mass is 466 g/mol. The summed E-state index contributed by atoms with van der Waals surface area (Å²) in [6, 6.07) is 20.9. The number of amides is 1. The van der Waals surface area contributed by atoms with Crippen molar-refractivity contribution in [3.63, 3.8) is 0 Å². The Kier molecular flexibility index (Phi) is 8.11. The number of sulfonamides is 1. The highest BCUT2D eigenvalue weighted by Crippen LogP contribution is 2.27. The number of nitrogens with zero attached hydrogens (tertiary/aromatic N) is 1. The third-order valence-electron chi connectivity index (χ3n) is 5.34. The molecule has 174 valence electrons. The summed E-state index contributed by atoms with van der Waals surface area (Å²) >= 11 is 0. The third-order valence-corrected chi connectivity index (χ3v) is 7.11. The number of rotatable bonds is 10. The van der Waals surface area contributed by atoms with Crippen molar-refractivity contribution in [2.75, 3.05) is 23.3 Å². The van der Waals surface area contributed by atoms with Crippen molar-refractivity contribution in [1.82, 2.24) is 0 Å². The first-order valence-corrected chi connectivity index (χ1v) is 12.4. The molecule has 3 aromatic rings. The summed E-state index contributed by atoms with van der Waals surface area (Å²) < 4.78 is 33.4. The van der Waals surface area contributed by atoms with Gasteiger partial charge in [-0.05, 0) is 73.4 Å². The third kappa shape index (κ3) is 6.14. The van der Waals surface area contributed by atoms with Crippen LogP contribution in [0.25, 0.3) is 0 Å². The second-order valence-electron chi connectivity index (χ2n) is 7.83. The molecule has 0 unspecified atom stereocenters. The second kappa shape index (κ2) is 11.0. The maximum Gasteiger partial charge on any atom is 0.264 e. The van der Waals surface area contributed by atoms with Crippen LogP contribution < -0.4 is 14.4 Å². The minimum atomic E-state index is -3.99. The molecule has 33 heavy (non-hydrogen) atoms. The topological polar surface area (TPSA) is 75.7 Å². The largest absolute Gasteiger partial charge is 0.496 e. The smallest absolute Gasteiger partial charge is 0.264 e. The number of hydrogen-bond donors (Lipinski definition) is 1. The predicted molar refractivity (Wildman–Crippen MR) is 132 cm³/mol. The molecule has 6 nitrogen and oxygen atoms in total.